The van der Waals surface area contributed by atoms with Crippen molar-refractivity contribution >= 4 is 12.3 Å². The van der Waals surface area contributed by atoms with E-state index in [0.29, 0.717) is 42.5 Å². The van der Waals surface area contributed by atoms with Gasteiger partial charge in [-0.05, 0) is 31.0 Å². The summed E-state index contributed by atoms with van der Waals surface area (Å²) in [5, 5.41) is 0. The maximum absolute atomic E-state index is 11.3. The van der Waals surface area contributed by atoms with E-state index in [2.05, 4.69) is 0 Å². The van der Waals surface area contributed by atoms with E-state index in [-0.39, 0.29) is 6.61 Å². The van der Waals surface area contributed by atoms with Gasteiger partial charge in [-0.2, -0.15) is 0 Å². The monoisotopic (exact) mass is 280 g/mol. The highest BCUT2D eigenvalue weighted by Gasteiger charge is 2.10. The van der Waals surface area contributed by atoms with Crippen molar-refractivity contribution in [3.05, 3.63) is 23.8 Å². The number of aldehydes is 1. The van der Waals surface area contributed by atoms with Crippen LogP contribution in [-0.2, 0) is 9.53 Å². The number of carbonyl (C=O) groups is 2. The summed E-state index contributed by atoms with van der Waals surface area (Å²) in [7, 11) is 0. The van der Waals surface area contributed by atoms with Crippen LogP contribution < -0.4 is 9.47 Å². The lowest BCUT2D eigenvalue weighted by atomic mass is 10.2. The molecule has 110 valence electrons. The Bertz CT molecular complexity index is 454. The van der Waals surface area contributed by atoms with E-state index in [1.807, 2.05) is 13.8 Å². The molecule has 0 bridgehead atoms. The van der Waals surface area contributed by atoms with Gasteiger partial charge in [0.15, 0.2) is 18.1 Å². The second kappa shape index (κ2) is 8.19. The fourth-order valence-corrected chi connectivity index (χ4v) is 1.43. The molecule has 0 spiro atoms. The maximum Gasteiger partial charge on any atom is 0.344 e. The highest BCUT2D eigenvalue weighted by molar-refractivity contribution is 5.76. The Balaban J connectivity index is 2.77. The molecular weight excluding hydrogens is 260 g/mol. The topological polar surface area (TPSA) is 61.8 Å². The van der Waals surface area contributed by atoms with Crippen molar-refractivity contribution in [3.63, 3.8) is 0 Å². The average Bonchev–Trinajstić information content (AvgIpc) is 2.43. The quantitative estimate of drug-likeness (QED) is 0.541. The van der Waals surface area contributed by atoms with E-state index in [4.69, 9.17) is 14.2 Å². The van der Waals surface area contributed by atoms with Gasteiger partial charge in [-0.3, -0.25) is 4.79 Å². The van der Waals surface area contributed by atoms with Crippen LogP contribution in [0.1, 0.15) is 31.1 Å². The van der Waals surface area contributed by atoms with Crippen LogP contribution in [0.3, 0.4) is 0 Å². The summed E-state index contributed by atoms with van der Waals surface area (Å²) in [6, 6.07) is 4.84. The molecule has 5 heteroatoms. The summed E-state index contributed by atoms with van der Waals surface area (Å²) in [6.45, 7) is 6.39. The van der Waals surface area contributed by atoms with Crippen molar-refractivity contribution < 1.29 is 23.8 Å². The van der Waals surface area contributed by atoms with E-state index in [1.54, 1.807) is 25.1 Å². The summed E-state index contributed by atoms with van der Waals surface area (Å²) in [6.07, 6.45) is 0.712. The highest BCUT2D eigenvalue weighted by Crippen LogP contribution is 2.28. The van der Waals surface area contributed by atoms with Gasteiger partial charge >= 0.3 is 5.97 Å². The number of esters is 1. The van der Waals surface area contributed by atoms with Crippen LogP contribution in [0, 0.1) is 5.92 Å². The predicted octanol–water partition coefficient (Wildman–Crippen LogP) is 2.48. The number of hydrogen-bond donors (Lipinski definition) is 0. The Morgan fingerprint density at radius 1 is 1.25 bits per heavy atom. The Hall–Kier alpha value is -2.04. The summed E-state index contributed by atoms with van der Waals surface area (Å²) < 4.78 is 15.7. The second-order valence-corrected chi connectivity index (χ2v) is 4.62. The van der Waals surface area contributed by atoms with Crippen molar-refractivity contribution in [2.45, 2.75) is 20.8 Å². The zero-order chi connectivity index (χ0) is 15.0. The van der Waals surface area contributed by atoms with E-state index < -0.39 is 5.97 Å². The molecule has 0 aliphatic rings. The third kappa shape index (κ3) is 5.30. The normalized spacial score (nSPS) is 10.2. The first-order valence-electron chi connectivity index (χ1n) is 6.57. The molecule has 0 radical (unpaired) electrons. The smallest absolute Gasteiger partial charge is 0.344 e. The fraction of sp³-hybridized carbons (Fsp3) is 0.467. The summed E-state index contributed by atoms with van der Waals surface area (Å²) in [4.78, 5) is 22.1. The van der Waals surface area contributed by atoms with Crippen LogP contribution in [0.2, 0.25) is 0 Å². The number of ether oxygens (including phenoxy) is 3. The minimum absolute atomic E-state index is 0.214. The van der Waals surface area contributed by atoms with Gasteiger partial charge in [-0.15, -0.1) is 0 Å². The fourth-order valence-electron chi connectivity index (χ4n) is 1.43. The van der Waals surface area contributed by atoms with Gasteiger partial charge in [-0.1, -0.05) is 13.8 Å². The first-order chi connectivity index (χ1) is 9.56. The molecule has 1 aromatic carbocycles. The lowest BCUT2D eigenvalue weighted by Gasteiger charge is -2.14. The van der Waals surface area contributed by atoms with Gasteiger partial charge in [0.05, 0.1) is 13.2 Å². The zero-order valence-corrected chi connectivity index (χ0v) is 12.0. The van der Waals surface area contributed by atoms with Crippen molar-refractivity contribution in [1.82, 2.24) is 0 Å². The highest BCUT2D eigenvalue weighted by atomic mass is 16.6. The number of carbonyl (C=O) groups excluding carboxylic acids is 2. The van der Waals surface area contributed by atoms with Crippen LogP contribution in [0.5, 0.6) is 11.5 Å². The van der Waals surface area contributed by atoms with Gasteiger partial charge in [0.1, 0.15) is 6.29 Å². The summed E-state index contributed by atoms with van der Waals surface area (Å²) >= 11 is 0. The van der Waals surface area contributed by atoms with Crippen LogP contribution >= 0.6 is 0 Å². The lowest BCUT2D eigenvalue weighted by Crippen LogP contribution is -2.15. The van der Waals surface area contributed by atoms with Crippen LogP contribution in [0.25, 0.3) is 0 Å². The van der Waals surface area contributed by atoms with E-state index in [1.165, 1.54) is 0 Å². The molecule has 0 saturated heterocycles. The third-order valence-corrected chi connectivity index (χ3v) is 2.33. The van der Waals surface area contributed by atoms with E-state index in [0.717, 1.165) is 0 Å². The Morgan fingerprint density at radius 2 is 2.00 bits per heavy atom. The Labute approximate surface area is 118 Å². The molecule has 0 aliphatic heterocycles. The third-order valence-electron chi connectivity index (χ3n) is 2.33. The zero-order valence-electron chi connectivity index (χ0n) is 12.0. The van der Waals surface area contributed by atoms with E-state index in [9.17, 15) is 9.59 Å². The van der Waals surface area contributed by atoms with Gasteiger partial charge in [0.2, 0.25) is 0 Å². The first kappa shape index (κ1) is 16.0. The van der Waals surface area contributed by atoms with Gasteiger partial charge in [-0.25, -0.2) is 4.79 Å². The van der Waals surface area contributed by atoms with Gasteiger partial charge in [0.25, 0.3) is 0 Å². The molecule has 5 nitrogen and oxygen atoms in total. The van der Waals surface area contributed by atoms with Crippen molar-refractivity contribution in [3.8, 4) is 11.5 Å². The maximum atomic E-state index is 11.3. The molecule has 1 aromatic rings. The first-order valence-corrected chi connectivity index (χ1v) is 6.57. The molecule has 0 N–H and O–H groups in total. The van der Waals surface area contributed by atoms with Gasteiger partial charge in [0, 0.05) is 5.56 Å². The largest absolute Gasteiger partial charge is 0.489 e. The minimum atomic E-state index is -0.459. The van der Waals surface area contributed by atoms with Crippen molar-refractivity contribution in [2.75, 3.05) is 19.8 Å². The molecule has 20 heavy (non-hydrogen) atoms. The number of benzene rings is 1. The molecule has 0 atom stereocenters. The average molecular weight is 280 g/mol. The minimum Gasteiger partial charge on any atom is -0.489 e. The molecule has 0 heterocycles. The molecule has 0 amide bonds. The number of rotatable bonds is 8. The Kier molecular flexibility index (Phi) is 6.56. The molecule has 0 fully saturated rings. The van der Waals surface area contributed by atoms with Crippen molar-refractivity contribution in [1.29, 1.82) is 0 Å². The standard InChI is InChI=1S/C15H20O5/c1-4-18-15(17)10-20-14-7-12(8-16)5-6-13(14)19-9-11(2)3/h5-8,11H,4,9-10H2,1-3H3. The van der Waals surface area contributed by atoms with E-state index >= 15 is 0 Å². The van der Waals surface area contributed by atoms with Crippen molar-refractivity contribution in [2.24, 2.45) is 5.92 Å². The SMILES string of the molecule is CCOC(=O)COc1cc(C=O)ccc1OCC(C)C. The Morgan fingerprint density at radius 3 is 2.60 bits per heavy atom. The van der Waals surface area contributed by atoms with Crippen LogP contribution in [0.4, 0.5) is 0 Å². The summed E-state index contributed by atoms with van der Waals surface area (Å²) in [5.74, 6) is 0.773. The molecule has 0 saturated carbocycles. The molecule has 0 aliphatic carbocycles. The van der Waals surface area contributed by atoms with Gasteiger partial charge < -0.3 is 14.2 Å². The molecule has 0 unspecified atom stereocenters. The lowest BCUT2D eigenvalue weighted by molar-refractivity contribution is -0.145. The van der Waals surface area contributed by atoms with Crippen LogP contribution in [0.15, 0.2) is 18.2 Å². The predicted molar refractivity (Wildman–Crippen MR) is 74.3 cm³/mol. The van der Waals surface area contributed by atoms with Crippen LogP contribution in [-0.4, -0.2) is 32.1 Å². The second-order valence-electron chi connectivity index (χ2n) is 4.62. The number of hydrogen-bond acceptors (Lipinski definition) is 5. The molecule has 1 rings (SSSR count). The molecule has 0 aromatic heterocycles. The summed E-state index contributed by atoms with van der Waals surface area (Å²) in [5.41, 5.74) is 0.459. The molecular formula is C15H20O5.